The van der Waals surface area contributed by atoms with Crippen LogP contribution in [0.5, 0.6) is 0 Å². The van der Waals surface area contributed by atoms with E-state index in [9.17, 15) is 20.1 Å². The molecule has 0 saturated heterocycles. The molecule has 0 heterocycles. The van der Waals surface area contributed by atoms with Crippen molar-refractivity contribution in [3.63, 3.8) is 0 Å². The monoisotopic (exact) mass is 412 g/mol. The molecule has 0 spiro atoms. The number of hydrogen-bond acceptors (Lipinski definition) is 6. The largest absolute Gasteiger partial charge is 0.469 e. The van der Waals surface area contributed by atoms with Crippen LogP contribution in [-0.2, 0) is 14.3 Å². The van der Waals surface area contributed by atoms with Crippen molar-refractivity contribution in [1.29, 1.82) is 0 Å². The van der Waals surface area contributed by atoms with Crippen LogP contribution in [0.3, 0.4) is 0 Å². The fourth-order valence-corrected chi connectivity index (χ4v) is 3.88. The molecule has 1 saturated carbocycles. The highest BCUT2D eigenvalue weighted by Gasteiger charge is 2.40. The standard InChI is InChI=1S/C23H40O6/c1-5-6-15-23(2,29-4)21(26)14-13-18-17(19(24)16-20(18)25)11-9-7-8-10-12-22(27)28-3/h7,9,13-14,17-21,24-26H,5-6,8,10-12,15-16H2,1-4H3/b9-7-,14-13+/t17-,18?,19+,20-,21-,23+/m1/s1. The van der Waals surface area contributed by atoms with Crippen molar-refractivity contribution in [2.45, 2.75) is 89.1 Å². The predicted molar refractivity (Wildman–Crippen MR) is 113 cm³/mol. The van der Waals surface area contributed by atoms with Crippen LogP contribution in [0.2, 0.25) is 0 Å². The van der Waals surface area contributed by atoms with E-state index in [4.69, 9.17) is 4.74 Å². The second-order valence-electron chi connectivity index (χ2n) is 8.24. The number of hydrogen-bond donors (Lipinski definition) is 3. The molecule has 0 aromatic carbocycles. The summed E-state index contributed by atoms with van der Waals surface area (Å²) in [4.78, 5) is 11.1. The summed E-state index contributed by atoms with van der Waals surface area (Å²) < 4.78 is 10.2. The minimum atomic E-state index is -0.779. The third-order valence-corrected chi connectivity index (χ3v) is 6.10. The van der Waals surface area contributed by atoms with Gasteiger partial charge < -0.3 is 24.8 Å². The van der Waals surface area contributed by atoms with Crippen molar-refractivity contribution >= 4 is 5.97 Å². The molecule has 3 N–H and O–H groups in total. The quantitative estimate of drug-likeness (QED) is 0.244. The Bertz CT molecular complexity index is 531. The van der Waals surface area contributed by atoms with Crippen LogP contribution in [0.1, 0.15) is 65.2 Å². The maximum Gasteiger partial charge on any atom is 0.305 e. The molecule has 6 nitrogen and oxygen atoms in total. The third kappa shape index (κ3) is 8.21. The highest BCUT2D eigenvalue weighted by Crippen LogP contribution is 2.37. The topological polar surface area (TPSA) is 96.2 Å². The van der Waals surface area contributed by atoms with Gasteiger partial charge in [0.05, 0.1) is 24.9 Å². The van der Waals surface area contributed by atoms with E-state index in [1.54, 1.807) is 13.2 Å². The number of carbonyl (C=O) groups is 1. The van der Waals surface area contributed by atoms with Crippen LogP contribution >= 0.6 is 0 Å². The lowest BCUT2D eigenvalue weighted by atomic mass is 9.87. The average Bonchev–Trinajstić information content (AvgIpc) is 2.98. The van der Waals surface area contributed by atoms with E-state index in [2.05, 4.69) is 11.7 Å². The van der Waals surface area contributed by atoms with Gasteiger partial charge in [-0.05, 0) is 38.5 Å². The van der Waals surface area contributed by atoms with E-state index < -0.39 is 23.9 Å². The van der Waals surface area contributed by atoms with Gasteiger partial charge in [-0.3, -0.25) is 4.79 Å². The molecule has 6 heteroatoms. The van der Waals surface area contributed by atoms with Gasteiger partial charge in [-0.15, -0.1) is 0 Å². The molecule has 1 aliphatic rings. The summed E-state index contributed by atoms with van der Waals surface area (Å²) in [6.07, 6.45) is 11.2. The van der Waals surface area contributed by atoms with Gasteiger partial charge in [0, 0.05) is 25.9 Å². The Morgan fingerprint density at radius 1 is 1.21 bits per heavy atom. The molecule has 6 atom stereocenters. The number of carbonyl (C=O) groups excluding carboxylic acids is 1. The molecule has 1 fully saturated rings. The van der Waals surface area contributed by atoms with Gasteiger partial charge in [0.2, 0.25) is 0 Å². The third-order valence-electron chi connectivity index (χ3n) is 6.10. The van der Waals surface area contributed by atoms with Gasteiger partial charge in [-0.1, -0.05) is 44.1 Å². The highest BCUT2D eigenvalue weighted by atomic mass is 16.5. The van der Waals surface area contributed by atoms with E-state index in [0.717, 1.165) is 32.1 Å². The number of ether oxygens (including phenoxy) is 2. The molecule has 1 rings (SSSR count). The molecule has 168 valence electrons. The SMILES string of the molecule is CCCC[C@](C)(OC)[C@H](O)/C=C/C1[C@H](O)C[C@H](O)[C@@H]1C/C=C\CCCC(=O)OC. The Morgan fingerprint density at radius 3 is 2.55 bits per heavy atom. The fraction of sp³-hybridized carbons (Fsp3) is 0.783. The fourth-order valence-electron chi connectivity index (χ4n) is 3.88. The van der Waals surface area contributed by atoms with Crippen molar-refractivity contribution < 1.29 is 29.6 Å². The first-order chi connectivity index (χ1) is 13.8. The van der Waals surface area contributed by atoms with Gasteiger partial charge >= 0.3 is 5.97 Å². The Balaban J connectivity index is 2.65. The number of aliphatic hydroxyl groups is 3. The summed E-state index contributed by atoms with van der Waals surface area (Å²) in [6, 6.07) is 0. The summed E-state index contributed by atoms with van der Waals surface area (Å²) in [5.74, 6) is -0.528. The normalized spacial score (nSPS) is 28.1. The van der Waals surface area contributed by atoms with E-state index in [-0.39, 0.29) is 17.8 Å². The second-order valence-corrected chi connectivity index (χ2v) is 8.24. The Hall–Kier alpha value is -1.21. The second kappa shape index (κ2) is 13.2. The van der Waals surface area contributed by atoms with Crippen LogP contribution < -0.4 is 0 Å². The molecule has 1 unspecified atom stereocenters. The van der Waals surface area contributed by atoms with Crippen LogP contribution in [0.15, 0.2) is 24.3 Å². The van der Waals surface area contributed by atoms with E-state index in [1.165, 1.54) is 7.11 Å². The summed E-state index contributed by atoms with van der Waals surface area (Å²) in [7, 11) is 2.99. The van der Waals surface area contributed by atoms with Crippen LogP contribution in [0.25, 0.3) is 0 Å². The van der Waals surface area contributed by atoms with E-state index >= 15 is 0 Å². The minimum absolute atomic E-state index is 0.102. The maximum absolute atomic E-state index is 11.1. The number of aliphatic hydroxyl groups excluding tert-OH is 3. The number of esters is 1. The summed E-state index contributed by atoms with van der Waals surface area (Å²) in [5.41, 5.74) is -0.663. The van der Waals surface area contributed by atoms with Crippen molar-refractivity contribution in [3.8, 4) is 0 Å². The maximum atomic E-state index is 11.1. The first-order valence-electron chi connectivity index (χ1n) is 10.8. The van der Waals surface area contributed by atoms with Crippen LogP contribution in [0, 0.1) is 11.8 Å². The predicted octanol–water partition coefficient (Wildman–Crippen LogP) is 3.15. The molecule has 0 amide bonds. The highest BCUT2D eigenvalue weighted by molar-refractivity contribution is 5.69. The summed E-state index contributed by atoms with van der Waals surface area (Å²) >= 11 is 0. The minimum Gasteiger partial charge on any atom is -0.469 e. The van der Waals surface area contributed by atoms with Crippen LogP contribution in [0.4, 0.5) is 0 Å². The summed E-state index contributed by atoms with van der Waals surface area (Å²) in [6.45, 7) is 3.99. The number of rotatable bonds is 13. The number of allylic oxidation sites excluding steroid dienone is 2. The molecule has 0 bridgehead atoms. The van der Waals surface area contributed by atoms with E-state index in [0.29, 0.717) is 19.3 Å². The first kappa shape index (κ1) is 25.8. The molecular formula is C23H40O6. The van der Waals surface area contributed by atoms with Crippen molar-refractivity contribution in [2.24, 2.45) is 11.8 Å². The van der Waals surface area contributed by atoms with Gasteiger partial charge in [-0.2, -0.15) is 0 Å². The van der Waals surface area contributed by atoms with Crippen molar-refractivity contribution in [3.05, 3.63) is 24.3 Å². The van der Waals surface area contributed by atoms with Crippen molar-refractivity contribution in [2.75, 3.05) is 14.2 Å². The lowest BCUT2D eigenvalue weighted by molar-refractivity contribution is -0.140. The van der Waals surface area contributed by atoms with Gasteiger partial charge in [0.15, 0.2) is 0 Å². The smallest absolute Gasteiger partial charge is 0.305 e. The number of unbranched alkanes of at least 4 members (excludes halogenated alkanes) is 2. The molecular weight excluding hydrogens is 372 g/mol. The molecule has 0 radical (unpaired) electrons. The van der Waals surface area contributed by atoms with Crippen molar-refractivity contribution in [1.82, 2.24) is 0 Å². The van der Waals surface area contributed by atoms with E-state index in [1.807, 2.05) is 25.2 Å². The Kier molecular flexibility index (Phi) is 11.7. The zero-order chi connectivity index (χ0) is 21.9. The molecule has 0 aliphatic heterocycles. The Morgan fingerprint density at radius 2 is 1.93 bits per heavy atom. The lowest BCUT2D eigenvalue weighted by Crippen LogP contribution is -2.40. The Labute approximate surface area is 175 Å². The van der Waals surface area contributed by atoms with Gasteiger partial charge in [0.25, 0.3) is 0 Å². The van der Waals surface area contributed by atoms with Gasteiger partial charge in [0.1, 0.15) is 6.10 Å². The molecule has 0 aromatic rings. The zero-order valence-corrected chi connectivity index (χ0v) is 18.4. The van der Waals surface area contributed by atoms with Gasteiger partial charge in [-0.25, -0.2) is 0 Å². The average molecular weight is 413 g/mol. The van der Waals surface area contributed by atoms with Crippen LogP contribution in [-0.4, -0.2) is 59.4 Å². The summed E-state index contributed by atoms with van der Waals surface area (Å²) in [5, 5.41) is 31.3. The molecule has 1 aliphatic carbocycles. The molecule has 0 aromatic heterocycles. The zero-order valence-electron chi connectivity index (χ0n) is 18.4. The molecule has 29 heavy (non-hydrogen) atoms. The lowest BCUT2D eigenvalue weighted by Gasteiger charge is -2.32. The number of methoxy groups -OCH3 is 2. The first-order valence-corrected chi connectivity index (χ1v) is 10.8.